The molecule has 3 aromatic rings. The SMILES string of the molecule is Cc1nc(-c2ccc(NCc3c(F)cc(F)cc3F)cc2)c(C)s1. The summed E-state index contributed by atoms with van der Waals surface area (Å²) in [6.07, 6.45) is 0. The number of rotatable bonds is 4. The Morgan fingerprint density at radius 1 is 1.00 bits per heavy atom. The topological polar surface area (TPSA) is 24.9 Å². The Morgan fingerprint density at radius 3 is 2.17 bits per heavy atom. The highest BCUT2D eigenvalue weighted by Gasteiger charge is 2.11. The summed E-state index contributed by atoms with van der Waals surface area (Å²) < 4.78 is 40.1. The summed E-state index contributed by atoms with van der Waals surface area (Å²) in [5.74, 6) is -2.72. The maximum Gasteiger partial charge on any atom is 0.134 e. The summed E-state index contributed by atoms with van der Waals surface area (Å²) in [4.78, 5) is 5.64. The summed E-state index contributed by atoms with van der Waals surface area (Å²) in [5.41, 5.74) is 2.46. The number of halogens is 3. The fourth-order valence-electron chi connectivity index (χ4n) is 2.47. The molecule has 124 valence electrons. The van der Waals surface area contributed by atoms with E-state index in [1.807, 2.05) is 38.1 Å². The van der Waals surface area contributed by atoms with Crippen LogP contribution in [0.2, 0.25) is 0 Å². The number of aryl methyl sites for hydroxylation is 2. The molecule has 1 aromatic heterocycles. The molecule has 24 heavy (non-hydrogen) atoms. The zero-order valence-electron chi connectivity index (χ0n) is 13.2. The van der Waals surface area contributed by atoms with Gasteiger partial charge in [0.2, 0.25) is 0 Å². The van der Waals surface area contributed by atoms with Crippen LogP contribution in [0.5, 0.6) is 0 Å². The van der Waals surface area contributed by atoms with Crippen LogP contribution in [0, 0.1) is 31.3 Å². The van der Waals surface area contributed by atoms with Crippen molar-refractivity contribution in [1.82, 2.24) is 4.98 Å². The molecule has 0 spiro atoms. The summed E-state index contributed by atoms with van der Waals surface area (Å²) in [7, 11) is 0. The summed E-state index contributed by atoms with van der Waals surface area (Å²) in [6.45, 7) is 3.92. The third kappa shape index (κ3) is 3.43. The lowest BCUT2D eigenvalue weighted by Gasteiger charge is -2.09. The van der Waals surface area contributed by atoms with E-state index in [0.717, 1.165) is 21.1 Å². The van der Waals surface area contributed by atoms with Crippen molar-refractivity contribution in [1.29, 1.82) is 0 Å². The van der Waals surface area contributed by atoms with Gasteiger partial charge in [0, 0.05) is 40.4 Å². The smallest absolute Gasteiger partial charge is 0.134 e. The molecule has 2 aromatic carbocycles. The second kappa shape index (κ2) is 6.65. The Labute approximate surface area is 142 Å². The molecule has 0 saturated heterocycles. The number of hydrogen-bond acceptors (Lipinski definition) is 3. The lowest BCUT2D eigenvalue weighted by molar-refractivity contribution is 0.527. The van der Waals surface area contributed by atoms with Gasteiger partial charge in [-0.1, -0.05) is 12.1 Å². The average Bonchev–Trinajstić information content (AvgIpc) is 2.85. The Hall–Kier alpha value is -2.34. The number of aromatic nitrogens is 1. The van der Waals surface area contributed by atoms with Crippen molar-refractivity contribution >= 4 is 17.0 Å². The van der Waals surface area contributed by atoms with E-state index >= 15 is 0 Å². The predicted octanol–water partition coefficient (Wildman–Crippen LogP) is 5.46. The first kappa shape index (κ1) is 16.5. The van der Waals surface area contributed by atoms with E-state index in [0.29, 0.717) is 17.8 Å². The molecule has 0 atom stereocenters. The van der Waals surface area contributed by atoms with E-state index in [9.17, 15) is 13.2 Å². The molecule has 3 rings (SSSR count). The summed E-state index contributed by atoms with van der Waals surface area (Å²) in [6, 6.07) is 8.81. The lowest BCUT2D eigenvalue weighted by atomic mass is 10.1. The first-order chi connectivity index (χ1) is 11.4. The lowest BCUT2D eigenvalue weighted by Crippen LogP contribution is -2.05. The monoisotopic (exact) mass is 348 g/mol. The van der Waals surface area contributed by atoms with Gasteiger partial charge in [-0.3, -0.25) is 0 Å². The minimum absolute atomic E-state index is 0.0634. The van der Waals surface area contributed by atoms with Crippen molar-refractivity contribution in [2.24, 2.45) is 0 Å². The molecule has 2 nitrogen and oxygen atoms in total. The van der Waals surface area contributed by atoms with E-state index in [4.69, 9.17) is 0 Å². The third-order valence-corrected chi connectivity index (χ3v) is 4.52. The molecule has 6 heteroatoms. The van der Waals surface area contributed by atoms with Crippen molar-refractivity contribution in [3.05, 3.63) is 69.3 Å². The van der Waals surface area contributed by atoms with E-state index in [1.54, 1.807) is 11.3 Å². The average molecular weight is 348 g/mol. The number of nitrogens with one attached hydrogen (secondary N) is 1. The fourth-order valence-corrected chi connectivity index (χ4v) is 3.31. The minimum Gasteiger partial charge on any atom is -0.381 e. The standard InChI is InChI=1S/C18H15F3N2S/c1-10-18(23-11(2)24-10)12-3-5-14(6-4-12)22-9-15-16(20)7-13(19)8-17(15)21/h3-8,22H,9H2,1-2H3. The maximum atomic E-state index is 13.6. The molecule has 0 unspecified atom stereocenters. The molecule has 0 saturated carbocycles. The van der Waals surface area contributed by atoms with Gasteiger partial charge < -0.3 is 5.32 Å². The maximum absolute atomic E-state index is 13.6. The van der Waals surface area contributed by atoms with E-state index in [1.165, 1.54) is 0 Å². The van der Waals surface area contributed by atoms with Crippen molar-refractivity contribution in [3.63, 3.8) is 0 Å². The quantitative estimate of drug-likeness (QED) is 0.677. The first-order valence-corrected chi connectivity index (χ1v) is 8.17. The number of benzene rings is 2. The first-order valence-electron chi connectivity index (χ1n) is 7.36. The van der Waals surface area contributed by atoms with Crippen LogP contribution in [-0.2, 0) is 6.54 Å². The molecule has 0 bridgehead atoms. The second-order valence-electron chi connectivity index (χ2n) is 5.42. The normalized spacial score (nSPS) is 10.9. The second-order valence-corrected chi connectivity index (χ2v) is 6.82. The zero-order chi connectivity index (χ0) is 17.3. The van der Waals surface area contributed by atoms with Gasteiger partial charge in [-0.05, 0) is 26.0 Å². The van der Waals surface area contributed by atoms with E-state index < -0.39 is 17.5 Å². The van der Waals surface area contributed by atoms with Crippen molar-refractivity contribution in [3.8, 4) is 11.3 Å². The zero-order valence-corrected chi connectivity index (χ0v) is 14.0. The van der Waals surface area contributed by atoms with Crippen LogP contribution in [-0.4, -0.2) is 4.98 Å². The Kier molecular flexibility index (Phi) is 4.57. The molecule has 1 N–H and O–H groups in total. The van der Waals surface area contributed by atoms with Gasteiger partial charge in [0.05, 0.1) is 10.7 Å². The molecule has 1 heterocycles. The molecule has 0 aliphatic heterocycles. The fraction of sp³-hybridized carbons (Fsp3) is 0.167. The Balaban J connectivity index is 1.75. The number of hydrogen-bond donors (Lipinski definition) is 1. The number of nitrogens with zero attached hydrogens (tertiary/aromatic N) is 1. The van der Waals surface area contributed by atoms with Crippen molar-refractivity contribution in [2.75, 3.05) is 5.32 Å². The van der Waals surface area contributed by atoms with Gasteiger partial charge >= 0.3 is 0 Å². The van der Waals surface area contributed by atoms with Crippen LogP contribution in [0.3, 0.4) is 0 Å². The number of thiazole rings is 1. The van der Waals surface area contributed by atoms with Crippen LogP contribution >= 0.6 is 11.3 Å². The van der Waals surface area contributed by atoms with Gasteiger partial charge in [0.25, 0.3) is 0 Å². The van der Waals surface area contributed by atoms with Crippen LogP contribution < -0.4 is 5.32 Å². The highest BCUT2D eigenvalue weighted by atomic mass is 32.1. The summed E-state index contributed by atoms with van der Waals surface area (Å²) in [5, 5.41) is 3.95. The van der Waals surface area contributed by atoms with Crippen LogP contribution in [0.15, 0.2) is 36.4 Å². The molecular formula is C18H15F3N2S. The Bertz CT molecular complexity index is 849. The molecule has 0 aliphatic rings. The summed E-state index contributed by atoms with van der Waals surface area (Å²) >= 11 is 1.64. The van der Waals surface area contributed by atoms with Crippen molar-refractivity contribution in [2.45, 2.75) is 20.4 Å². The van der Waals surface area contributed by atoms with Crippen LogP contribution in [0.4, 0.5) is 18.9 Å². The Morgan fingerprint density at radius 2 is 1.62 bits per heavy atom. The van der Waals surface area contributed by atoms with Gasteiger partial charge in [-0.2, -0.15) is 0 Å². The van der Waals surface area contributed by atoms with E-state index in [-0.39, 0.29) is 12.1 Å². The predicted molar refractivity (Wildman–Crippen MR) is 90.7 cm³/mol. The highest BCUT2D eigenvalue weighted by molar-refractivity contribution is 7.11. The van der Waals surface area contributed by atoms with Gasteiger partial charge in [0.1, 0.15) is 17.5 Å². The van der Waals surface area contributed by atoms with Gasteiger partial charge in [-0.25, -0.2) is 18.2 Å². The largest absolute Gasteiger partial charge is 0.381 e. The van der Waals surface area contributed by atoms with Gasteiger partial charge in [0.15, 0.2) is 0 Å². The molecule has 0 amide bonds. The number of anilines is 1. The molecule has 0 fully saturated rings. The highest BCUT2D eigenvalue weighted by Crippen LogP contribution is 2.28. The van der Waals surface area contributed by atoms with Crippen LogP contribution in [0.1, 0.15) is 15.4 Å². The molecule has 0 radical (unpaired) electrons. The molecule has 0 aliphatic carbocycles. The van der Waals surface area contributed by atoms with E-state index in [2.05, 4.69) is 10.3 Å². The molecular weight excluding hydrogens is 333 g/mol. The minimum atomic E-state index is -0.924. The van der Waals surface area contributed by atoms with Gasteiger partial charge in [-0.15, -0.1) is 11.3 Å². The van der Waals surface area contributed by atoms with Crippen molar-refractivity contribution < 1.29 is 13.2 Å². The third-order valence-electron chi connectivity index (χ3n) is 3.64. The van der Waals surface area contributed by atoms with Crippen LogP contribution in [0.25, 0.3) is 11.3 Å².